The number of hydrogen-bond donors (Lipinski definition) is 1. The maximum absolute atomic E-state index is 13.8. The summed E-state index contributed by atoms with van der Waals surface area (Å²) in [4.78, 5) is 18.5. The van der Waals surface area contributed by atoms with Crippen LogP contribution in [0.15, 0.2) is 23.6 Å². The molecule has 1 saturated heterocycles. The van der Waals surface area contributed by atoms with E-state index < -0.39 is 11.6 Å². The molecule has 1 amide bonds. The monoisotopic (exact) mass is 373 g/mol. The Hall–Kier alpha value is -1.57. The second kappa shape index (κ2) is 7.55. The van der Waals surface area contributed by atoms with Crippen molar-refractivity contribution in [3.05, 3.63) is 40.9 Å². The summed E-state index contributed by atoms with van der Waals surface area (Å²) >= 11 is 1.07. The van der Waals surface area contributed by atoms with Crippen molar-refractivity contribution in [3.8, 4) is 10.6 Å². The molecule has 1 aliphatic rings. The largest absolute Gasteiger partial charge is 0.332 e. The SMILES string of the molecule is CC1NCCN(C(=O)c2csc(-c3c(F)cccc3F)n2)C1C.Cl. The van der Waals surface area contributed by atoms with Gasteiger partial charge < -0.3 is 10.2 Å². The maximum atomic E-state index is 13.8. The molecule has 8 heteroatoms. The fourth-order valence-corrected chi connectivity index (χ4v) is 3.52. The van der Waals surface area contributed by atoms with Gasteiger partial charge in [-0.1, -0.05) is 6.07 Å². The molecular weight excluding hydrogens is 356 g/mol. The van der Waals surface area contributed by atoms with Crippen LogP contribution in [0.3, 0.4) is 0 Å². The van der Waals surface area contributed by atoms with Gasteiger partial charge in [-0.05, 0) is 26.0 Å². The predicted molar refractivity (Wildman–Crippen MR) is 92.7 cm³/mol. The lowest BCUT2D eigenvalue weighted by atomic mass is 10.1. The molecule has 0 radical (unpaired) electrons. The van der Waals surface area contributed by atoms with Crippen molar-refractivity contribution in [1.82, 2.24) is 15.2 Å². The van der Waals surface area contributed by atoms with Gasteiger partial charge in [-0.15, -0.1) is 23.7 Å². The Kier molecular flexibility index (Phi) is 5.90. The molecule has 130 valence electrons. The Balaban J connectivity index is 0.00000208. The van der Waals surface area contributed by atoms with Gasteiger partial charge in [0.1, 0.15) is 22.3 Å². The third-order valence-electron chi connectivity index (χ3n) is 4.20. The zero-order chi connectivity index (χ0) is 16.6. The van der Waals surface area contributed by atoms with Gasteiger partial charge in [-0.2, -0.15) is 0 Å². The van der Waals surface area contributed by atoms with Crippen LogP contribution in [0.25, 0.3) is 10.6 Å². The highest BCUT2D eigenvalue weighted by Gasteiger charge is 2.30. The maximum Gasteiger partial charge on any atom is 0.273 e. The Morgan fingerprint density at radius 1 is 1.33 bits per heavy atom. The molecular formula is C16H18ClF2N3OS. The molecule has 2 aromatic rings. The summed E-state index contributed by atoms with van der Waals surface area (Å²) in [7, 11) is 0. The summed E-state index contributed by atoms with van der Waals surface area (Å²) in [6.07, 6.45) is 0. The van der Waals surface area contributed by atoms with Crippen LogP contribution in [0.1, 0.15) is 24.3 Å². The first-order valence-electron chi connectivity index (χ1n) is 7.43. The normalized spacial score (nSPS) is 20.6. The van der Waals surface area contributed by atoms with E-state index in [9.17, 15) is 13.6 Å². The number of halogens is 3. The third kappa shape index (κ3) is 3.43. The van der Waals surface area contributed by atoms with Crippen molar-refractivity contribution in [3.63, 3.8) is 0 Å². The molecule has 4 nitrogen and oxygen atoms in total. The number of piperazine rings is 1. The van der Waals surface area contributed by atoms with Crippen LogP contribution < -0.4 is 5.32 Å². The van der Waals surface area contributed by atoms with Gasteiger partial charge in [0.25, 0.3) is 5.91 Å². The molecule has 1 aromatic heterocycles. The number of amides is 1. The minimum Gasteiger partial charge on any atom is -0.332 e. The topological polar surface area (TPSA) is 45.2 Å². The zero-order valence-electron chi connectivity index (χ0n) is 13.3. The quantitative estimate of drug-likeness (QED) is 0.878. The fourth-order valence-electron chi connectivity index (χ4n) is 2.68. The van der Waals surface area contributed by atoms with Gasteiger partial charge in [0.05, 0.1) is 5.56 Å². The van der Waals surface area contributed by atoms with E-state index >= 15 is 0 Å². The first kappa shape index (κ1) is 18.8. The summed E-state index contributed by atoms with van der Waals surface area (Å²) in [5.41, 5.74) is 0.0480. The molecule has 1 aliphatic heterocycles. The highest BCUT2D eigenvalue weighted by molar-refractivity contribution is 7.13. The number of carbonyl (C=O) groups excluding carboxylic acids is 1. The number of carbonyl (C=O) groups is 1. The smallest absolute Gasteiger partial charge is 0.273 e. The minimum atomic E-state index is -0.678. The standard InChI is InChI=1S/C16H17F2N3OS.ClH/c1-9-10(2)21(7-6-19-9)16(22)13-8-23-15(20-13)14-11(17)4-3-5-12(14)18;/h3-5,8-10,19H,6-7H2,1-2H3;1H. The van der Waals surface area contributed by atoms with Crippen LogP contribution in [0.4, 0.5) is 8.78 Å². The molecule has 1 N–H and O–H groups in total. The number of nitrogens with zero attached hydrogens (tertiary/aromatic N) is 2. The Morgan fingerprint density at radius 3 is 2.67 bits per heavy atom. The van der Waals surface area contributed by atoms with Crippen molar-refractivity contribution in [1.29, 1.82) is 0 Å². The van der Waals surface area contributed by atoms with Gasteiger partial charge in [0.2, 0.25) is 0 Å². The van der Waals surface area contributed by atoms with Crippen LogP contribution in [0.5, 0.6) is 0 Å². The lowest BCUT2D eigenvalue weighted by Gasteiger charge is -2.38. The number of benzene rings is 1. The van der Waals surface area contributed by atoms with Crippen molar-refractivity contribution in [2.45, 2.75) is 25.9 Å². The predicted octanol–water partition coefficient (Wildman–Crippen LogP) is 3.33. The number of aromatic nitrogens is 1. The molecule has 2 heterocycles. The summed E-state index contributed by atoms with van der Waals surface area (Å²) in [5, 5.41) is 5.04. The number of hydrogen-bond acceptors (Lipinski definition) is 4. The molecule has 1 fully saturated rings. The number of nitrogens with one attached hydrogen (secondary N) is 1. The van der Waals surface area contributed by atoms with Crippen molar-refractivity contribution >= 4 is 29.7 Å². The molecule has 2 unspecified atom stereocenters. The summed E-state index contributed by atoms with van der Waals surface area (Å²) in [5.74, 6) is -1.56. The lowest BCUT2D eigenvalue weighted by Crippen LogP contribution is -2.57. The summed E-state index contributed by atoms with van der Waals surface area (Å²) in [6, 6.07) is 3.89. The van der Waals surface area contributed by atoms with Crippen LogP contribution >= 0.6 is 23.7 Å². The minimum absolute atomic E-state index is 0. The summed E-state index contributed by atoms with van der Waals surface area (Å²) < 4.78 is 27.7. The van der Waals surface area contributed by atoms with E-state index in [0.717, 1.165) is 17.9 Å². The van der Waals surface area contributed by atoms with E-state index in [1.54, 1.807) is 10.3 Å². The van der Waals surface area contributed by atoms with Crippen molar-refractivity contribution in [2.75, 3.05) is 13.1 Å². The van der Waals surface area contributed by atoms with Crippen LogP contribution in [0, 0.1) is 11.6 Å². The van der Waals surface area contributed by atoms with E-state index in [4.69, 9.17) is 0 Å². The van der Waals surface area contributed by atoms with Gasteiger partial charge in [0.15, 0.2) is 0 Å². The first-order valence-corrected chi connectivity index (χ1v) is 8.31. The molecule has 1 aromatic carbocycles. The Labute approximate surface area is 149 Å². The Bertz CT molecular complexity index is 720. The van der Waals surface area contributed by atoms with E-state index in [0.29, 0.717) is 6.54 Å². The molecule has 2 atom stereocenters. The third-order valence-corrected chi connectivity index (χ3v) is 5.05. The zero-order valence-corrected chi connectivity index (χ0v) is 14.9. The number of thiazole rings is 1. The van der Waals surface area contributed by atoms with E-state index in [1.807, 2.05) is 13.8 Å². The average molecular weight is 374 g/mol. The highest BCUT2D eigenvalue weighted by Crippen LogP contribution is 2.29. The van der Waals surface area contributed by atoms with Gasteiger partial charge in [-0.25, -0.2) is 13.8 Å². The first-order chi connectivity index (χ1) is 11.0. The van der Waals surface area contributed by atoms with Gasteiger partial charge in [0, 0.05) is 30.6 Å². The molecule has 0 saturated carbocycles. The van der Waals surface area contributed by atoms with Crippen LogP contribution in [-0.2, 0) is 0 Å². The molecule has 24 heavy (non-hydrogen) atoms. The van der Waals surface area contributed by atoms with E-state index in [-0.39, 0.29) is 46.7 Å². The van der Waals surface area contributed by atoms with Crippen LogP contribution in [0.2, 0.25) is 0 Å². The van der Waals surface area contributed by atoms with E-state index in [2.05, 4.69) is 10.3 Å². The lowest BCUT2D eigenvalue weighted by molar-refractivity contribution is 0.0598. The Morgan fingerprint density at radius 2 is 2.00 bits per heavy atom. The van der Waals surface area contributed by atoms with Crippen molar-refractivity contribution < 1.29 is 13.6 Å². The van der Waals surface area contributed by atoms with E-state index in [1.165, 1.54) is 18.2 Å². The molecule has 0 aliphatic carbocycles. The molecule has 0 bridgehead atoms. The molecule has 3 rings (SSSR count). The van der Waals surface area contributed by atoms with Crippen LogP contribution in [-0.4, -0.2) is 41.0 Å². The molecule has 0 spiro atoms. The second-order valence-electron chi connectivity index (χ2n) is 5.62. The highest BCUT2D eigenvalue weighted by atomic mass is 35.5. The summed E-state index contributed by atoms with van der Waals surface area (Å²) in [6.45, 7) is 5.30. The average Bonchev–Trinajstić information content (AvgIpc) is 2.99. The second-order valence-corrected chi connectivity index (χ2v) is 6.47. The fraction of sp³-hybridized carbons (Fsp3) is 0.375. The van der Waals surface area contributed by atoms with Gasteiger partial charge in [-0.3, -0.25) is 4.79 Å². The van der Waals surface area contributed by atoms with Crippen molar-refractivity contribution in [2.24, 2.45) is 0 Å². The van der Waals surface area contributed by atoms with Gasteiger partial charge >= 0.3 is 0 Å². The number of rotatable bonds is 2.